The molecule has 0 unspecified atom stereocenters. The van der Waals surface area contributed by atoms with Crippen LogP contribution in [0.1, 0.15) is 32.3 Å². The Morgan fingerprint density at radius 3 is 2.65 bits per heavy atom. The molecule has 0 fully saturated rings. The highest BCUT2D eigenvalue weighted by atomic mass is 79.9. The summed E-state index contributed by atoms with van der Waals surface area (Å²) < 4.78 is 6.25. The minimum Gasteiger partial charge on any atom is -0.496 e. The van der Waals surface area contributed by atoms with Crippen molar-refractivity contribution in [2.24, 2.45) is 0 Å². The minimum atomic E-state index is 0.588. The normalized spacial score (nSPS) is 10.9. The van der Waals surface area contributed by atoms with Crippen molar-refractivity contribution in [2.75, 3.05) is 13.7 Å². The maximum absolute atomic E-state index is 5.21. The van der Waals surface area contributed by atoms with E-state index in [1.54, 1.807) is 7.11 Å². The van der Waals surface area contributed by atoms with Gasteiger partial charge in [-0.1, -0.05) is 19.9 Å². The van der Waals surface area contributed by atoms with Crippen LogP contribution in [-0.4, -0.2) is 19.7 Å². The molecule has 1 aromatic carbocycles. The number of benzene rings is 1. The van der Waals surface area contributed by atoms with Crippen molar-refractivity contribution in [1.82, 2.24) is 5.32 Å². The standard InChI is InChI=1S/C14H22BrNO/c1-11(2)16-9-5-4-6-12-7-8-14(17-3)13(15)10-12/h7-8,10-11,16H,4-6,9H2,1-3H3. The van der Waals surface area contributed by atoms with Crippen LogP contribution < -0.4 is 10.1 Å². The maximum atomic E-state index is 5.21. The van der Waals surface area contributed by atoms with Crippen molar-refractivity contribution < 1.29 is 4.74 Å². The fraction of sp³-hybridized carbons (Fsp3) is 0.571. The van der Waals surface area contributed by atoms with Crippen molar-refractivity contribution in [1.29, 1.82) is 0 Å². The summed E-state index contributed by atoms with van der Waals surface area (Å²) in [5.41, 5.74) is 1.36. The number of aryl methyl sites for hydroxylation is 1. The Hall–Kier alpha value is -0.540. The summed E-state index contributed by atoms with van der Waals surface area (Å²) in [5.74, 6) is 0.898. The Balaban J connectivity index is 2.30. The van der Waals surface area contributed by atoms with Gasteiger partial charge in [-0.15, -0.1) is 0 Å². The lowest BCUT2D eigenvalue weighted by Gasteiger charge is -2.08. The molecule has 0 aliphatic carbocycles. The molecule has 17 heavy (non-hydrogen) atoms. The van der Waals surface area contributed by atoms with Gasteiger partial charge in [-0.2, -0.15) is 0 Å². The van der Waals surface area contributed by atoms with E-state index in [1.807, 2.05) is 6.07 Å². The molecule has 0 aromatic heterocycles. The Labute approximate surface area is 113 Å². The van der Waals surface area contributed by atoms with E-state index in [0.717, 1.165) is 23.2 Å². The van der Waals surface area contributed by atoms with Gasteiger partial charge < -0.3 is 10.1 Å². The molecule has 0 radical (unpaired) electrons. The molecule has 0 saturated carbocycles. The topological polar surface area (TPSA) is 21.3 Å². The molecule has 0 bridgehead atoms. The molecule has 96 valence electrons. The number of methoxy groups -OCH3 is 1. The second kappa shape index (κ2) is 7.72. The van der Waals surface area contributed by atoms with Gasteiger partial charge in [0.15, 0.2) is 0 Å². The zero-order valence-corrected chi connectivity index (χ0v) is 12.5. The Bertz CT molecular complexity index is 339. The molecule has 3 heteroatoms. The van der Waals surface area contributed by atoms with E-state index in [9.17, 15) is 0 Å². The van der Waals surface area contributed by atoms with Gasteiger partial charge in [-0.05, 0) is 59.4 Å². The molecule has 2 nitrogen and oxygen atoms in total. The van der Waals surface area contributed by atoms with Crippen molar-refractivity contribution >= 4 is 15.9 Å². The molecule has 1 N–H and O–H groups in total. The van der Waals surface area contributed by atoms with Crippen molar-refractivity contribution in [3.63, 3.8) is 0 Å². The van der Waals surface area contributed by atoms with Crippen molar-refractivity contribution in [2.45, 2.75) is 39.2 Å². The summed E-state index contributed by atoms with van der Waals surface area (Å²) in [6.07, 6.45) is 3.57. The van der Waals surface area contributed by atoms with E-state index in [1.165, 1.54) is 18.4 Å². The molecular formula is C14H22BrNO. The molecule has 1 aromatic rings. The lowest BCUT2D eigenvalue weighted by Crippen LogP contribution is -2.23. The van der Waals surface area contributed by atoms with Gasteiger partial charge in [0.25, 0.3) is 0 Å². The zero-order chi connectivity index (χ0) is 12.7. The average Bonchev–Trinajstić information content (AvgIpc) is 2.28. The van der Waals surface area contributed by atoms with Crippen LogP contribution in [0, 0.1) is 0 Å². The van der Waals surface area contributed by atoms with E-state index in [2.05, 4.69) is 47.2 Å². The highest BCUT2D eigenvalue weighted by Crippen LogP contribution is 2.26. The van der Waals surface area contributed by atoms with E-state index in [0.29, 0.717) is 6.04 Å². The molecule has 1 rings (SSSR count). The van der Waals surface area contributed by atoms with Crippen LogP contribution in [0.15, 0.2) is 22.7 Å². The van der Waals surface area contributed by atoms with Crippen LogP contribution in [0.5, 0.6) is 5.75 Å². The first-order valence-electron chi connectivity index (χ1n) is 6.19. The summed E-state index contributed by atoms with van der Waals surface area (Å²) in [4.78, 5) is 0. The van der Waals surface area contributed by atoms with Gasteiger partial charge in [-0.3, -0.25) is 0 Å². The molecular weight excluding hydrogens is 278 g/mol. The maximum Gasteiger partial charge on any atom is 0.133 e. The summed E-state index contributed by atoms with van der Waals surface area (Å²) >= 11 is 3.51. The van der Waals surface area contributed by atoms with Gasteiger partial charge >= 0.3 is 0 Å². The van der Waals surface area contributed by atoms with Crippen LogP contribution >= 0.6 is 15.9 Å². The van der Waals surface area contributed by atoms with Gasteiger partial charge in [0.05, 0.1) is 11.6 Å². The second-order valence-corrected chi connectivity index (χ2v) is 5.39. The molecule has 0 saturated heterocycles. The molecule has 0 heterocycles. The minimum absolute atomic E-state index is 0.588. The first-order valence-corrected chi connectivity index (χ1v) is 6.98. The Morgan fingerprint density at radius 2 is 2.06 bits per heavy atom. The predicted octanol–water partition coefficient (Wildman–Crippen LogP) is 3.78. The molecule has 0 aliphatic rings. The molecule has 0 atom stereocenters. The molecule has 0 aliphatic heterocycles. The third-order valence-corrected chi connectivity index (χ3v) is 3.28. The largest absolute Gasteiger partial charge is 0.496 e. The number of nitrogens with one attached hydrogen (secondary N) is 1. The van der Waals surface area contributed by atoms with Crippen LogP contribution in [0.2, 0.25) is 0 Å². The smallest absolute Gasteiger partial charge is 0.133 e. The molecule has 0 amide bonds. The van der Waals surface area contributed by atoms with E-state index in [-0.39, 0.29) is 0 Å². The monoisotopic (exact) mass is 299 g/mol. The lowest BCUT2D eigenvalue weighted by atomic mass is 10.1. The summed E-state index contributed by atoms with van der Waals surface area (Å²) in [7, 11) is 1.69. The second-order valence-electron chi connectivity index (χ2n) is 4.53. The highest BCUT2D eigenvalue weighted by molar-refractivity contribution is 9.10. The highest BCUT2D eigenvalue weighted by Gasteiger charge is 2.01. The number of hydrogen-bond acceptors (Lipinski definition) is 2. The summed E-state index contributed by atoms with van der Waals surface area (Å²) in [5, 5.41) is 3.43. The van der Waals surface area contributed by atoms with Gasteiger partial charge in [0, 0.05) is 6.04 Å². The number of hydrogen-bond donors (Lipinski definition) is 1. The zero-order valence-electron chi connectivity index (χ0n) is 10.9. The van der Waals surface area contributed by atoms with Crippen molar-refractivity contribution in [3.8, 4) is 5.75 Å². The van der Waals surface area contributed by atoms with Gasteiger partial charge in [0.1, 0.15) is 5.75 Å². The van der Waals surface area contributed by atoms with Gasteiger partial charge in [0.2, 0.25) is 0 Å². The third-order valence-electron chi connectivity index (χ3n) is 2.66. The summed E-state index contributed by atoms with van der Waals surface area (Å²) in [6, 6.07) is 6.89. The lowest BCUT2D eigenvalue weighted by molar-refractivity contribution is 0.412. The van der Waals surface area contributed by atoms with Crippen LogP contribution in [0.4, 0.5) is 0 Å². The van der Waals surface area contributed by atoms with E-state index in [4.69, 9.17) is 4.74 Å². The number of unbranched alkanes of at least 4 members (excludes halogenated alkanes) is 1. The average molecular weight is 300 g/mol. The molecule has 0 spiro atoms. The van der Waals surface area contributed by atoms with E-state index >= 15 is 0 Å². The SMILES string of the molecule is COc1ccc(CCCCNC(C)C)cc1Br. The van der Waals surface area contributed by atoms with Crippen LogP contribution in [-0.2, 0) is 6.42 Å². The summed E-state index contributed by atoms with van der Waals surface area (Å²) in [6.45, 7) is 5.47. The van der Waals surface area contributed by atoms with Gasteiger partial charge in [-0.25, -0.2) is 0 Å². The predicted molar refractivity (Wildman–Crippen MR) is 76.8 cm³/mol. The Morgan fingerprint density at radius 1 is 1.29 bits per heavy atom. The number of ether oxygens (including phenoxy) is 1. The van der Waals surface area contributed by atoms with Crippen molar-refractivity contribution in [3.05, 3.63) is 28.2 Å². The Kier molecular flexibility index (Phi) is 6.60. The fourth-order valence-electron chi connectivity index (χ4n) is 1.71. The van der Waals surface area contributed by atoms with Crippen LogP contribution in [0.3, 0.4) is 0 Å². The first-order chi connectivity index (χ1) is 8.13. The quantitative estimate of drug-likeness (QED) is 0.774. The third kappa shape index (κ3) is 5.55. The van der Waals surface area contributed by atoms with E-state index < -0.39 is 0 Å². The number of rotatable bonds is 7. The first kappa shape index (κ1) is 14.5. The van der Waals surface area contributed by atoms with Crippen LogP contribution in [0.25, 0.3) is 0 Å². The fourth-order valence-corrected chi connectivity index (χ4v) is 2.30. The number of halogens is 1.